The Morgan fingerprint density at radius 2 is 2.25 bits per heavy atom. The molecule has 5 nitrogen and oxygen atoms in total. The van der Waals surface area contributed by atoms with Crippen LogP contribution in [0.25, 0.3) is 0 Å². The van der Waals surface area contributed by atoms with E-state index in [-0.39, 0.29) is 22.8 Å². The molecule has 1 heterocycles. The highest BCUT2D eigenvalue weighted by atomic mass is 35.5. The first-order valence-electron chi connectivity index (χ1n) is 7.32. The zero-order chi connectivity index (χ0) is 18.1. The van der Waals surface area contributed by atoms with Crippen LogP contribution in [-0.4, -0.2) is 30.8 Å². The molecule has 3 unspecified atom stereocenters. The molecule has 0 amide bonds. The van der Waals surface area contributed by atoms with Gasteiger partial charge in [0.05, 0.1) is 29.7 Å². The molecule has 0 saturated carbocycles. The number of hydrogen-bond donors (Lipinski definition) is 2. The van der Waals surface area contributed by atoms with Crippen LogP contribution in [0.4, 0.5) is 4.39 Å². The van der Waals surface area contributed by atoms with Crippen molar-refractivity contribution in [2.75, 3.05) is 13.7 Å². The molecule has 1 aromatic rings. The van der Waals surface area contributed by atoms with Crippen LogP contribution in [0.15, 0.2) is 29.5 Å². The Kier molecular flexibility index (Phi) is 5.16. The third kappa shape index (κ3) is 2.85. The number of aliphatic carboxylic acids is 1. The van der Waals surface area contributed by atoms with Gasteiger partial charge in [0.2, 0.25) is 0 Å². The highest BCUT2D eigenvalue weighted by Gasteiger charge is 2.54. The number of nitrogens with one attached hydrogen (secondary N) is 1. The molecule has 128 valence electrons. The van der Waals surface area contributed by atoms with Crippen LogP contribution in [0, 0.1) is 22.6 Å². The second kappa shape index (κ2) is 6.80. The quantitative estimate of drug-likeness (QED) is 0.870. The lowest BCUT2D eigenvalue weighted by molar-refractivity contribution is -0.152. The lowest BCUT2D eigenvalue weighted by atomic mass is 9.63. The molecule has 0 aromatic heterocycles. The monoisotopic (exact) mass is 352 g/mol. The van der Waals surface area contributed by atoms with Gasteiger partial charge in [-0.05, 0) is 31.5 Å². The maximum Gasteiger partial charge on any atom is 0.312 e. The third-order valence-electron chi connectivity index (χ3n) is 4.60. The second-order valence-electron chi connectivity index (χ2n) is 5.99. The second-order valence-corrected chi connectivity index (χ2v) is 6.43. The van der Waals surface area contributed by atoms with Gasteiger partial charge in [-0.1, -0.05) is 17.7 Å². The van der Waals surface area contributed by atoms with Crippen molar-refractivity contribution in [3.05, 3.63) is 45.9 Å². The molecule has 1 aliphatic heterocycles. The number of carboxylic acids is 1. The fraction of sp³-hybridized carbons (Fsp3) is 0.412. The van der Waals surface area contributed by atoms with E-state index in [4.69, 9.17) is 16.3 Å². The van der Waals surface area contributed by atoms with Gasteiger partial charge < -0.3 is 15.2 Å². The van der Waals surface area contributed by atoms with Crippen molar-refractivity contribution >= 4 is 17.6 Å². The predicted molar refractivity (Wildman–Crippen MR) is 87.0 cm³/mol. The Labute approximate surface area is 144 Å². The largest absolute Gasteiger partial charge is 0.481 e. The number of rotatable bonds is 4. The minimum atomic E-state index is -1.48. The Balaban J connectivity index is 2.75. The molecular formula is C17H18ClFN2O3. The summed E-state index contributed by atoms with van der Waals surface area (Å²) >= 11 is 5.80. The number of halogens is 2. The molecule has 0 fully saturated rings. The number of nitrogens with zero attached hydrogens (tertiary/aromatic N) is 1. The summed E-state index contributed by atoms with van der Waals surface area (Å²) in [7, 11) is 1.46. The molecule has 24 heavy (non-hydrogen) atoms. The SMILES string of the molecule is COCC1NC(C)=C(C#N)C(c2ccc(Cl)cc2F)C1(C)C(=O)O. The number of hydrogen-bond acceptors (Lipinski definition) is 4. The molecule has 0 saturated heterocycles. The summed E-state index contributed by atoms with van der Waals surface area (Å²) in [4.78, 5) is 12.1. The van der Waals surface area contributed by atoms with E-state index in [0.29, 0.717) is 5.70 Å². The maximum atomic E-state index is 14.5. The van der Waals surface area contributed by atoms with Crippen LogP contribution >= 0.6 is 11.6 Å². The van der Waals surface area contributed by atoms with Gasteiger partial charge in [-0.25, -0.2) is 4.39 Å². The van der Waals surface area contributed by atoms with E-state index in [2.05, 4.69) is 5.32 Å². The first kappa shape index (κ1) is 18.2. The summed E-state index contributed by atoms with van der Waals surface area (Å²) in [5.41, 5.74) is -0.649. The van der Waals surface area contributed by atoms with Crippen molar-refractivity contribution in [2.45, 2.75) is 25.8 Å². The van der Waals surface area contributed by atoms with E-state index >= 15 is 0 Å². The number of ether oxygens (including phenoxy) is 1. The molecular weight excluding hydrogens is 335 g/mol. The molecule has 3 atom stereocenters. The number of allylic oxidation sites excluding steroid dienone is 2. The molecule has 0 radical (unpaired) electrons. The molecule has 0 aliphatic carbocycles. The third-order valence-corrected chi connectivity index (χ3v) is 4.83. The average molecular weight is 353 g/mol. The molecule has 7 heteroatoms. The molecule has 2 N–H and O–H groups in total. The number of carboxylic acid groups (broad SMARTS) is 1. The van der Waals surface area contributed by atoms with Crippen LogP contribution in [0.3, 0.4) is 0 Å². The van der Waals surface area contributed by atoms with E-state index in [1.807, 2.05) is 6.07 Å². The highest BCUT2D eigenvalue weighted by Crippen LogP contribution is 2.48. The number of nitriles is 1. The van der Waals surface area contributed by atoms with Crippen molar-refractivity contribution in [1.29, 1.82) is 5.26 Å². The van der Waals surface area contributed by atoms with E-state index in [9.17, 15) is 19.6 Å². The van der Waals surface area contributed by atoms with Gasteiger partial charge in [-0.3, -0.25) is 4.79 Å². The van der Waals surface area contributed by atoms with Gasteiger partial charge >= 0.3 is 5.97 Å². The molecule has 1 aliphatic rings. The fourth-order valence-electron chi connectivity index (χ4n) is 3.22. The lowest BCUT2D eigenvalue weighted by Crippen LogP contribution is -2.57. The zero-order valence-electron chi connectivity index (χ0n) is 13.6. The Bertz CT molecular complexity index is 744. The predicted octanol–water partition coefficient (Wildman–Crippen LogP) is 3.07. The number of benzene rings is 1. The van der Waals surface area contributed by atoms with Gasteiger partial charge in [0.1, 0.15) is 5.82 Å². The average Bonchev–Trinajstić information content (AvgIpc) is 2.51. The molecule has 2 rings (SSSR count). The normalized spacial score (nSPS) is 26.7. The van der Waals surface area contributed by atoms with Crippen LogP contribution in [0.2, 0.25) is 5.02 Å². The minimum Gasteiger partial charge on any atom is -0.481 e. The van der Waals surface area contributed by atoms with Crippen LogP contribution < -0.4 is 5.32 Å². The Morgan fingerprint density at radius 1 is 1.58 bits per heavy atom. The first-order chi connectivity index (χ1) is 11.3. The minimum absolute atomic E-state index is 0.102. The van der Waals surface area contributed by atoms with Crippen molar-refractivity contribution in [3.8, 4) is 6.07 Å². The summed E-state index contributed by atoms with van der Waals surface area (Å²) < 4.78 is 19.7. The van der Waals surface area contributed by atoms with Gasteiger partial charge in [0, 0.05) is 23.7 Å². The molecule has 0 spiro atoms. The fourth-order valence-corrected chi connectivity index (χ4v) is 3.38. The molecule has 0 bridgehead atoms. The van der Waals surface area contributed by atoms with E-state index in [0.717, 1.165) is 6.07 Å². The summed E-state index contributed by atoms with van der Waals surface area (Å²) in [5, 5.41) is 22.7. The summed E-state index contributed by atoms with van der Waals surface area (Å²) in [6, 6.07) is 5.44. The Hall–Kier alpha value is -2.10. The van der Waals surface area contributed by atoms with Crippen molar-refractivity contribution in [1.82, 2.24) is 5.32 Å². The summed E-state index contributed by atoms with van der Waals surface area (Å²) in [5.74, 6) is -2.74. The van der Waals surface area contributed by atoms with E-state index < -0.39 is 29.2 Å². The van der Waals surface area contributed by atoms with Gasteiger partial charge in [-0.2, -0.15) is 5.26 Å². The Morgan fingerprint density at radius 3 is 2.75 bits per heavy atom. The van der Waals surface area contributed by atoms with Crippen molar-refractivity contribution < 1.29 is 19.0 Å². The number of carbonyl (C=O) groups is 1. The molecule has 1 aromatic carbocycles. The van der Waals surface area contributed by atoms with Gasteiger partial charge in [0.25, 0.3) is 0 Å². The topological polar surface area (TPSA) is 82.3 Å². The van der Waals surface area contributed by atoms with Crippen molar-refractivity contribution in [2.24, 2.45) is 5.41 Å². The maximum absolute atomic E-state index is 14.5. The van der Waals surface area contributed by atoms with Crippen molar-refractivity contribution in [3.63, 3.8) is 0 Å². The van der Waals surface area contributed by atoms with Gasteiger partial charge in [0.15, 0.2) is 0 Å². The number of methoxy groups -OCH3 is 1. The summed E-state index contributed by atoms with van der Waals surface area (Å²) in [6.45, 7) is 3.27. The van der Waals surface area contributed by atoms with Crippen LogP contribution in [-0.2, 0) is 9.53 Å². The van der Waals surface area contributed by atoms with Gasteiger partial charge in [-0.15, -0.1) is 0 Å². The standard InChI is InChI=1S/C17H18ClFN2O3/c1-9-12(7-20)15(11-5-4-10(18)6-13(11)19)17(2,16(22)23)14(21-9)8-24-3/h4-6,14-15,21H,8H2,1-3H3,(H,22,23). The van der Waals surface area contributed by atoms with E-state index in [1.54, 1.807) is 6.92 Å². The smallest absolute Gasteiger partial charge is 0.312 e. The van der Waals surface area contributed by atoms with E-state index in [1.165, 1.54) is 26.2 Å². The van der Waals surface area contributed by atoms with Crippen LogP contribution in [0.5, 0.6) is 0 Å². The summed E-state index contributed by atoms with van der Waals surface area (Å²) in [6.07, 6.45) is 0. The highest BCUT2D eigenvalue weighted by molar-refractivity contribution is 6.30. The lowest BCUT2D eigenvalue weighted by Gasteiger charge is -2.45. The van der Waals surface area contributed by atoms with Crippen LogP contribution in [0.1, 0.15) is 25.3 Å². The first-order valence-corrected chi connectivity index (χ1v) is 7.69. The zero-order valence-corrected chi connectivity index (χ0v) is 14.3.